The van der Waals surface area contributed by atoms with Crippen molar-refractivity contribution in [3.8, 4) is 11.5 Å². The lowest BCUT2D eigenvalue weighted by atomic mass is 10.2. The number of phenols is 1. The Morgan fingerprint density at radius 1 is 1.29 bits per heavy atom. The van der Waals surface area contributed by atoms with Gasteiger partial charge in [0.2, 0.25) is 0 Å². The zero-order chi connectivity index (χ0) is 12.6. The summed E-state index contributed by atoms with van der Waals surface area (Å²) < 4.78 is 11.6. The third-order valence-corrected chi connectivity index (χ3v) is 2.60. The van der Waals surface area contributed by atoms with Gasteiger partial charge in [0.15, 0.2) is 0 Å². The molecule has 0 atom stereocenters. The van der Waals surface area contributed by atoms with Crippen LogP contribution in [0.15, 0.2) is 22.6 Å². The molecule has 17 heavy (non-hydrogen) atoms. The van der Waals surface area contributed by atoms with E-state index < -0.39 is 0 Å². The Hall–Kier alpha value is -1.55. The minimum absolute atomic E-state index is 0.0413. The maximum absolute atomic E-state index is 9.93. The molecule has 0 unspecified atom stereocenters. The summed E-state index contributed by atoms with van der Waals surface area (Å²) in [6.07, 6.45) is 0.0413. The summed E-state index contributed by atoms with van der Waals surface area (Å²) in [4.78, 5) is 0. The maximum atomic E-state index is 9.93. The quantitative estimate of drug-likeness (QED) is 0.819. The third-order valence-electron chi connectivity index (χ3n) is 2.28. The maximum Gasteiger partial charge on any atom is 0.143 e. The zero-order valence-electron chi connectivity index (χ0n) is 9.98. The predicted molar refractivity (Wildman–Crippen MR) is 69.2 cm³/mol. The Labute approximate surface area is 105 Å². The number of ether oxygens (including phenoxy) is 1. The van der Waals surface area contributed by atoms with Gasteiger partial charge in [0.05, 0.1) is 16.0 Å². The van der Waals surface area contributed by atoms with Crippen molar-refractivity contribution < 1.29 is 14.3 Å². The van der Waals surface area contributed by atoms with Crippen LogP contribution in [0, 0.1) is 11.4 Å². The fourth-order valence-corrected chi connectivity index (χ4v) is 2.08. The van der Waals surface area contributed by atoms with Crippen LogP contribution in [-0.2, 0) is 0 Å². The minimum Gasteiger partial charge on any atom is -0.507 e. The highest BCUT2D eigenvalue weighted by molar-refractivity contribution is 7.71. The van der Waals surface area contributed by atoms with Gasteiger partial charge >= 0.3 is 0 Å². The van der Waals surface area contributed by atoms with Gasteiger partial charge < -0.3 is 14.3 Å². The molecule has 0 saturated heterocycles. The highest BCUT2D eigenvalue weighted by Gasteiger charge is 2.09. The average Bonchev–Trinajstić information content (AvgIpc) is 2.13. The van der Waals surface area contributed by atoms with E-state index in [1.165, 1.54) is 0 Å². The SMILES string of the molecule is Cc1cc(=S)c2c(O)cc(OC(C)C)cc2o1. The molecule has 0 fully saturated rings. The molecule has 0 aliphatic heterocycles. The number of aromatic hydroxyl groups is 1. The first kappa shape index (κ1) is 11.9. The molecular formula is C13H14O3S. The fourth-order valence-electron chi connectivity index (χ4n) is 1.70. The smallest absolute Gasteiger partial charge is 0.143 e. The molecule has 2 rings (SSSR count). The van der Waals surface area contributed by atoms with Crippen LogP contribution in [0.3, 0.4) is 0 Å². The first-order chi connectivity index (χ1) is 7.97. The number of hydrogen-bond donors (Lipinski definition) is 1. The first-order valence-electron chi connectivity index (χ1n) is 5.41. The van der Waals surface area contributed by atoms with Crippen molar-refractivity contribution in [1.82, 2.24) is 0 Å². The number of benzene rings is 1. The first-order valence-corrected chi connectivity index (χ1v) is 5.82. The molecule has 0 saturated carbocycles. The molecule has 1 aromatic carbocycles. The summed E-state index contributed by atoms with van der Waals surface area (Å²) >= 11 is 5.20. The van der Waals surface area contributed by atoms with E-state index in [1.807, 2.05) is 20.8 Å². The topological polar surface area (TPSA) is 42.6 Å². The van der Waals surface area contributed by atoms with E-state index in [2.05, 4.69) is 0 Å². The highest BCUT2D eigenvalue weighted by Crippen LogP contribution is 2.32. The molecule has 3 nitrogen and oxygen atoms in total. The van der Waals surface area contributed by atoms with E-state index >= 15 is 0 Å². The van der Waals surface area contributed by atoms with Gasteiger partial charge in [0.25, 0.3) is 0 Å². The van der Waals surface area contributed by atoms with Gasteiger partial charge in [-0.05, 0) is 26.8 Å². The summed E-state index contributed by atoms with van der Waals surface area (Å²) in [6, 6.07) is 5.03. The summed E-state index contributed by atoms with van der Waals surface area (Å²) in [5.41, 5.74) is 0.547. The molecule has 2 aromatic rings. The van der Waals surface area contributed by atoms with E-state index in [1.54, 1.807) is 18.2 Å². The Kier molecular flexibility index (Phi) is 3.07. The zero-order valence-corrected chi connectivity index (χ0v) is 10.8. The Bertz CT molecular complexity index is 614. The van der Waals surface area contributed by atoms with Gasteiger partial charge in [-0.1, -0.05) is 12.2 Å². The second kappa shape index (κ2) is 4.37. The van der Waals surface area contributed by atoms with E-state index in [-0.39, 0.29) is 11.9 Å². The van der Waals surface area contributed by atoms with Gasteiger partial charge in [-0.25, -0.2) is 0 Å². The van der Waals surface area contributed by atoms with Crippen LogP contribution in [0.2, 0.25) is 0 Å². The predicted octanol–water partition coefficient (Wildman–Crippen LogP) is 3.96. The Balaban J connectivity index is 2.69. The summed E-state index contributed by atoms with van der Waals surface area (Å²) in [6.45, 7) is 5.67. The molecule has 0 spiro atoms. The van der Waals surface area contributed by atoms with Gasteiger partial charge in [0, 0.05) is 12.1 Å². The lowest BCUT2D eigenvalue weighted by molar-refractivity contribution is 0.241. The third kappa shape index (κ3) is 2.42. The van der Waals surface area contributed by atoms with Crippen LogP contribution < -0.4 is 4.74 Å². The molecule has 90 valence electrons. The number of phenolic OH excluding ortho intramolecular Hbond substituents is 1. The van der Waals surface area contributed by atoms with E-state index in [4.69, 9.17) is 21.4 Å². The molecule has 0 radical (unpaired) electrons. The van der Waals surface area contributed by atoms with Gasteiger partial charge in [-0.2, -0.15) is 0 Å². The highest BCUT2D eigenvalue weighted by atomic mass is 32.1. The van der Waals surface area contributed by atoms with E-state index in [9.17, 15) is 5.11 Å². The van der Waals surface area contributed by atoms with Crippen molar-refractivity contribution >= 4 is 23.2 Å². The van der Waals surface area contributed by atoms with Crippen molar-refractivity contribution in [2.45, 2.75) is 26.9 Å². The molecule has 0 bridgehead atoms. The van der Waals surface area contributed by atoms with Crippen LogP contribution in [0.5, 0.6) is 11.5 Å². The van der Waals surface area contributed by atoms with E-state index in [0.29, 0.717) is 27.0 Å². The van der Waals surface area contributed by atoms with Gasteiger partial charge in [-0.15, -0.1) is 0 Å². The largest absolute Gasteiger partial charge is 0.507 e. The molecule has 0 amide bonds. The van der Waals surface area contributed by atoms with Crippen LogP contribution in [0.1, 0.15) is 19.6 Å². The average molecular weight is 250 g/mol. The fraction of sp³-hybridized carbons (Fsp3) is 0.308. The number of fused-ring (bicyclic) bond motifs is 1. The van der Waals surface area contributed by atoms with Crippen LogP contribution in [0.25, 0.3) is 11.0 Å². The van der Waals surface area contributed by atoms with Crippen molar-refractivity contribution in [1.29, 1.82) is 0 Å². The Morgan fingerprint density at radius 2 is 2.00 bits per heavy atom. The van der Waals surface area contributed by atoms with Crippen LogP contribution >= 0.6 is 12.2 Å². The van der Waals surface area contributed by atoms with Crippen molar-refractivity contribution in [2.75, 3.05) is 0 Å². The Morgan fingerprint density at radius 3 is 2.65 bits per heavy atom. The summed E-state index contributed by atoms with van der Waals surface area (Å²) in [7, 11) is 0. The standard InChI is InChI=1S/C13H14O3S/c1-7(2)15-9-5-10(14)13-11(6-9)16-8(3)4-12(13)17/h4-7,14H,1-3H3. The molecule has 1 heterocycles. The second-order valence-electron chi connectivity index (χ2n) is 4.20. The molecule has 0 aliphatic rings. The van der Waals surface area contributed by atoms with Crippen LogP contribution in [0.4, 0.5) is 0 Å². The van der Waals surface area contributed by atoms with Crippen molar-refractivity contribution in [3.63, 3.8) is 0 Å². The molecule has 0 aliphatic carbocycles. The molecule has 1 aromatic heterocycles. The molecule has 1 N–H and O–H groups in total. The molecule has 4 heteroatoms. The summed E-state index contributed by atoms with van der Waals surface area (Å²) in [5.74, 6) is 1.38. The van der Waals surface area contributed by atoms with Crippen molar-refractivity contribution in [3.05, 3.63) is 28.5 Å². The number of hydrogen-bond acceptors (Lipinski definition) is 4. The molecular weight excluding hydrogens is 236 g/mol. The monoisotopic (exact) mass is 250 g/mol. The van der Waals surface area contributed by atoms with Crippen molar-refractivity contribution in [2.24, 2.45) is 0 Å². The van der Waals surface area contributed by atoms with Gasteiger partial charge in [0.1, 0.15) is 22.8 Å². The van der Waals surface area contributed by atoms with E-state index in [0.717, 1.165) is 0 Å². The lowest BCUT2D eigenvalue weighted by Gasteiger charge is -2.11. The normalized spacial score (nSPS) is 11.1. The number of rotatable bonds is 2. The van der Waals surface area contributed by atoms with Gasteiger partial charge in [-0.3, -0.25) is 0 Å². The van der Waals surface area contributed by atoms with Crippen LogP contribution in [-0.4, -0.2) is 11.2 Å². The minimum atomic E-state index is 0.0413. The lowest BCUT2D eigenvalue weighted by Crippen LogP contribution is -2.05. The second-order valence-corrected chi connectivity index (χ2v) is 4.64. The number of aryl methyl sites for hydroxylation is 1. The summed E-state index contributed by atoms with van der Waals surface area (Å²) in [5, 5.41) is 10.5.